The summed E-state index contributed by atoms with van der Waals surface area (Å²) in [5.41, 5.74) is 0. The zero-order valence-electron chi connectivity index (χ0n) is 11.4. The second-order valence-corrected chi connectivity index (χ2v) is 5.58. The summed E-state index contributed by atoms with van der Waals surface area (Å²) in [5.74, 6) is 0.538. The van der Waals surface area contributed by atoms with Crippen LogP contribution in [-0.2, 0) is 4.79 Å². The van der Waals surface area contributed by atoms with Crippen molar-refractivity contribution in [2.45, 2.75) is 46.2 Å². The van der Waals surface area contributed by atoms with Gasteiger partial charge < -0.3 is 4.90 Å². The zero-order valence-corrected chi connectivity index (χ0v) is 11.4. The van der Waals surface area contributed by atoms with E-state index in [0.29, 0.717) is 24.9 Å². The van der Waals surface area contributed by atoms with Gasteiger partial charge in [0.1, 0.15) is 6.67 Å². The molecule has 0 aromatic carbocycles. The summed E-state index contributed by atoms with van der Waals surface area (Å²) in [5, 5.41) is 0. The first-order valence-corrected chi connectivity index (χ1v) is 6.55. The largest absolute Gasteiger partial charge is 0.340 e. The predicted molar refractivity (Wildman–Crippen MR) is 67.6 cm³/mol. The molecule has 1 aliphatic rings. The van der Waals surface area contributed by atoms with Gasteiger partial charge in [0.2, 0.25) is 5.91 Å². The van der Waals surface area contributed by atoms with E-state index >= 15 is 0 Å². The lowest BCUT2D eigenvalue weighted by atomic mass is 10.1. The molecule has 1 unspecified atom stereocenters. The summed E-state index contributed by atoms with van der Waals surface area (Å²) in [6, 6.07) is 0.220. The average Bonchev–Trinajstić information content (AvgIpc) is 2.27. The van der Waals surface area contributed by atoms with Crippen LogP contribution in [0.15, 0.2) is 0 Å². The molecule has 0 bridgehead atoms. The van der Waals surface area contributed by atoms with Gasteiger partial charge in [-0.25, -0.2) is 4.39 Å². The molecule has 1 fully saturated rings. The van der Waals surface area contributed by atoms with Crippen molar-refractivity contribution >= 4 is 5.91 Å². The third-order valence-corrected chi connectivity index (χ3v) is 3.31. The Kier molecular flexibility index (Phi) is 5.37. The van der Waals surface area contributed by atoms with E-state index in [1.54, 1.807) is 0 Å². The van der Waals surface area contributed by atoms with E-state index in [1.165, 1.54) is 0 Å². The fourth-order valence-electron chi connectivity index (χ4n) is 2.39. The van der Waals surface area contributed by atoms with Gasteiger partial charge in [-0.3, -0.25) is 9.69 Å². The highest BCUT2D eigenvalue weighted by atomic mass is 19.1. The van der Waals surface area contributed by atoms with Crippen LogP contribution in [0.5, 0.6) is 0 Å². The van der Waals surface area contributed by atoms with E-state index in [1.807, 2.05) is 18.7 Å². The van der Waals surface area contributed by atoms with Crippen molar-refractivity contribution in [3.8, 4) is 0 Å². The van der Waals surface area contributed by atoms with Crippen molar-refractivity contribution in [1.29, 1.82) is 0 Å². The lowest BCUT2D eigenvalue weighted by molar-refractivity contribution is -0.135. The van der Waals surface area contributed by atoms with E-state index in [4.69, 9.17) is 0 Å². The Hall–Kier alpha value is -0.640. The third kappa shape index (κ3) is 3.95. The van der Waals surface area contributed by atoms with Gasteiger partial charge in [0.15, 0.2) is 0 Å². The Balaban J connectivity index is 2.56. The minimum atomic E-state index is -0.371. The zero-order chi connectivity index (χ0) is 13.0. The number of amides is 1. The monoisotopic (exact) mass is 244 g/mol. The number of nitrogens with zero attached hydrogens (tertiary/aromatic N) is 2. The second-order valence-electron chi connectivity index (χ2n) is 5.58. The highest BCUT2D eigenvalue weighted by molar-refractivity contribution is 5.76. The molecule has 0 radical (unpaired) electrons. The predicted octanol–water partition coefficient (Wildman–Crippen LogP) is 1.92. The summed E-state index contributed by atoms with van der Waals surface area (Å²) in [6.45, 7) is 9.92. The highest BCUT2D eigenvalue weighted by Gasteiger charge is 2.30. The number of carbonyl (C=O) groups is 1. The summed E-state index contributed by atoms with van der Waals surface area (Å²) in [7, 11) is 0. The van der Waals surface area contributed by atoms with Crippen LogP contribution < -0.4 is 0 Å². The van der Waals surface area contributed by atoms with Crippen molar-refractivity contribution in [2.24, 2.45) is 5.92 Å². The van der Waals surface area contributed by atoms with Crippen LogP contribution in [0.25, 0.3) is 0 Å². The number of hydrogen-bond acceptors (Lipinski definition) is 2. The van der Waals surface area contributed by atoms with Gasteiger partial charge in [-0.05, 0) is 19.8 Å². The second kappa shape index (κ2) is 6.34. The molecule has 1 amide bonds. The van der Waals surface area contributed by atoms with E-state index in [9.17, 15) is 9.18 Å². The van der Waals surface area contributed by atoms with Gasteiger partial charge in [-0.1, -0.05) is 13.8 Å². The summed E-state index contributed by atoms with van der Waals surface area (Å²) < 4.78 is 13.0. The molecule has 0 saturated carbocycles. The molecule has 100 valence electrons. The maximum Gasteiger partial charge on any atom is 0.222 e. The minimum Gasteiger partial charge on any atom is -0.340 e. The SMILES string of the molecule is CC(C)CC(=O)N1CCN(C(C)C)C(CF)C1. The van der Waals surface area contributed by atoms with E-state index < -0.39 is 0 Å². The van der Waals surface area contributed by atoms with Crippen LogP contribution in [0.4, 0.5) is 4.39 Å². The Morgan fingerprint density at radius 3 is 2.41 bits per heavy atom. The van der Waals surface area contributed by atoms with Crippen molar-refractivity contribution in [1.82, 2.24) is 9.80 Å². The van der Waals surface area contributed by atoms with Gasteiger partial charge >= 0.3 is 0 Å². The first-order valence-electron chi connectivity index (χ1n) is 6.55. The van der Waals surface area contributed by atoms with Gasteiger partial charge in [0.05, 0.1) is 6.04 Å². The third-order valence-electron chi connectivity index (χ3n) is 3.31. The molecular formula is C13H25FN2O. The Morgan fingerprint density at radius 1 is 1.29 bits per heavy atom. The maximum atomic E-state index is 13.0. The Labute approximate surface area is 104 Å². The molecule has 4 heteroatoms. The van der Waals surface area contributed by atoms with Gasteiger partial charge in [0, 0.05) is 32.1 Å². The molecule has 1 heterocycles. The number of rotatable bonds is 4. The number of alkyl halides is 1. The van der Waals surface area contributed by atoms with E-state index in [2.05, 4.69) is 18.7 Å². The Morgan fingerprint density at radius 2 is 1.94 bits per heavy atom. The topological polar surface area (TPSA) is 23.6 Å². The lowest BCUT2D eigenvalue weighted by Gasteiger charge is -2.42. The summed E-state index contributed by atoms with van der Waals surface area (Å²) in [4.78, 5) is 15.9. The number of carbonyl (C=O) groups excluding carboxylic acids is 1. The molecule has 0 aromatic rings. The van der Waals surface area contributed by atoms with Crippen LogP contribution in [0.2, 0.25) is 0 Å². The molecule has 0 spiro atoms. The summed E-state index contributed by atoms with van der Waals surface area (Å²) in [6.07, 6.45) is 0.570. The number of piperazine rings is 1. The van der Waals surface area contributed by atoms with Crippen molar-refractivity contribution in [3.63, 3.8) is 0 Å². The molecule has 1 aliphatic heterocycles. The van der Waals surface area contributed by atoms with Gasteiger partial charge in [-0.15, -0.1) is 0 Å². The molecule has 1 saturated heterocycles. The lowest BCUT2D eigenvalue weighted by Crippen LogP contribution is -2.57. The molecule has 1 atom stereocenters. The molecule has 1 rings (SSSR count). The molecule has 0 aliphatic carbocycles. The maximum absolute atomic E-state index is 13.0. The van der Waals surface area contributed by atoms with Crippen molar-refractivity contribution in [2.75, 3.05) is 26.3 Å². The number of hydrogen-bond donors (Lipinski definition) is 0. The van der Waals surface area contributed by atoms with Crippen molar-refractivity contribution < 1.29 is 9.18 Å². The van der Waals surface area contributed by atoms with Gasteiger partial charge in [0.25, 0.3) is 0 Å². The van der Waals surface area contributed by atoms with Gasteiger partial charge in [-0.2, -0.15) is 0 Å². The normalized spacial score (nSPS) is 22.5. The summed E-state index contributed by atoms with van der Waals surface area (Å²) >= 11 is 0. The van der Waals surface area contributed by atoms with Crippen LogP contribution in [0.3, 0.4) is 0 Å². The van der Waals surface area contributed by atoms with E-state index in [0.717, 1.165) is 13.1 Å². The fraction of sp³-hybridized carbons (Fsp3) is 0.923. The average molecular weight is 244 g/mol. The van der Waals surface area contributed by atoms with Crippen molar-refractivity contribution in [3.05, 3.63) is 0 Å². The standard InChI is InChI=1S/C13H25FN2O/c1-10(2)7-13(17)15-5-6-16(11(3)4)12(8-14)9-15/h10-12H,5-9H2,1-4H3. The smallest absolute Gasteiger partial charge is 0.222 e. The van der Waals surface area contributed by atoms with Crippen LogP contribution >= 0.6 is 0 Å². The Bertz CT molecular complexity index is 256. The molecule has 0 N–H and O–H groups in total. The first-order chi connectivity index (χ1) is 7.95. The quantitative estimate of drug-likeness (QED) is 0.754. The molecule has 17 heavy (non-hydrogen) atoms. The van der Waals surface area contributed by atoms with Crippen LogP contribution in [-0.4, -0.2) is 54.1 Å². The van der Waals surface area contributed by atoms with Crippen LogP contribution in [0, 0.1) is 5.92 Å². The molecular weight excluding hydrogens is 219 g/mol. The van der Waals surface area contributed by atoms with Crippen LogP contribution in [0.1, 0.15) is 34.1 Å². The molecule has 3 nitrogen and oxygen atoms in total. The van der Waals surface area contributed by atoms with E-state index in [-0.39, 0.29) is 18.6 Å². The number of halogens is 1. The fourth-order valence-corrected chi connectivity index (χ4v) is 2.39. The first kappa shape index (κ1) is 14.4. The highest BCUT2D eigenvalue weighted by Crippen LogP contribution is 2.15. The molecule has 0 aromatic heterocycles. The minimum absolute atomic E-state index is 0.125.